The molecule has 1 aliphatic rings. The molecule has 4 heteroatoms. The van der Waals surface area contributed by atoms with E-state index in [9.17, 15) is 4.39 Å². The summed E-state index contributed by atoms with van der Waals surface area (Å²) < 4.78 is 18.9. The van der Waals surface area contributed by atoms with Crippen LogP contribution >= 0.6 is 0 Å². The van der Waals surface area contributed by atoms with Gasteiger partial charge in [-0.25, -0.2) is 4.39 Å². The quantitative estimate of drug-likeness (QED) is 0.837. The second kappa shape index (κ2) is 8.47. The monoisotopic (exact) mass is 294 g/mol. The average molecular weight is 294 g/mol. The van der Waals surface area contributed by atoms with Crippen LogP contribution in [-0.4, -0.2) is 44.3 Å². The number of nitrogens with zero attached hydrogens (tertiary/aromatic N) is 1. The SMILES string of the molecule is CCCNC1CCOCC1CN(C)Cc1cccc(F)c1. The Bertz CT molecular complexity index is 427. The van der Waals surface area contributed by atoms with Crippen LogP contribution in [0.5, 0.6) is 0 Å². The van der Waals surface area contributed by atoms with E-state index in [1.807, 2.05) is 6.07 Å². The van der Waals surface area contributed by atoms with Gasteiger partial charge in [-0.2, -0.15) is 0 Å². The predicted molar refractivity (Wildman–Crippen MR) is 83.7 cm³/mol. The molecule has 0 amide bonds. The van der Waals surface area contributed by atoms with Crippen LogP contribution in [0.2, 0.25) is 0 Å². The van der Waals surface area contributed by atoms with Crippen molar-refractivity contribution in [2.45, 2.75) is 32.4 Å². The normalized spacial score (nSPS) is 22.7. The van der Waals surface area contributed by atoms with E-state index in [-0.39, 0.29) is 5.82 Å². The van der Waals surface area contributed by atoms with E-state index < -0.39 is 0 Å². The van der Waals surface area contributed by atoms with E-state index in [1.54, 1.807) is 12.1 Å². The van der Waals surface area contributed by atoms with Gasteiger partial charge >= 0.3 is 0 Å². The fourth-order valence-corrected chi connectivity index (χ4v) is 2.99. The third-order valence-electron chi connectivity index (χ3n) is 4.02. The molecule has 2 atom stereocenters. The minimum absolute atomic E-state index is 0.163. The van der Waals surface area contributed by atoms with E-state index in [1.165, 1.54) is 6.07 Å². The van der Waals surface area contributed by atoms with Crippen molar-refractivity contribution in [1.82, 2.24) is 10.2 Å². The number of ether oxygens (including phenoxy) is 1. The van der Waals surface area contributed by atoms with Crippen LogP contribution in [-0.2, 0) is 11.3 Å². The fourth-order valence-electron chi connectivity index (χ4n) is 2.99. The smallest absolute Gasteiger partial charge is 0.123 e. The molecule has 1 saturated heterocycles. The van der Waals surface area contributed by atoms with E-state index in [4.69, 9.17) is 4.74 Å². The van der Waals surface area contributed by atoms with Crippen molar-refractivity contribution in [2.75, 3.05) is 33.4 Å². The summed E-state index contributed by atoms with van der Waals surface area (Å²) >= 11 is 0. The lowest BCUT2D eigenvalue weighted by molar-refractivity contribution is 0.0189. The van der Waals surface area contributed by atoms with Gasteiger partial charge in [-0.15, -0.1) is 0 Å². The molecule has 0 aliphatic carbocycles. The highest BCUT2D eigenvalue weighted by atomic mass is 19.1. The molecular weight excluding hydrogens is 267 g/mol. The van der Waals surface area contributed by atoms with E-state index in [0.29, 0.717) is 12.0 Å². The number of halogens is 1. The first-order valence-corrected chi connectivity index (χ1v) is 7.93. The maximum atomic E-state index is 13.2. The van der Waals surface area contributed by atoms with Gasteiger partial charge in [0.2, 0.25) is 0 Å². The molecule has 0 spiro atoms. The Morgan fingerprint density at radius 2 is 2.29 bits per heavy atom. The number of hydrogen-bond donors (Lipinski definition) is 1. The van der Waals surface area contributed by atoms with Crippen LogP contribution in [0.3, 0.4) is 0 Å². The van der Waals surface area contributed by atoms with Gasteiger partial charge in [-0.1, -0.05) is 19.1 Å². The van der Waals surface area contributed by atoms with E-state index in [0.717, 1.165) is 51.3 Å². The lowest BCUT2D eigenvalue weighted by atomic mass is 9.95. The van der Waals surface area contributed by atoms with Crippen molar-refractivity contribution in [3.8, 4) is 0 Å². The minimum Gasteiger partial charge on any atom is -0.381 e. The summed E-state index contributed by atoms with van der Waals surface area (Å²) in [6, 6.07) is 7.38. The third-order valence-corrected chi connectivity index (χ3v) is 4.02. The Kier molecular flexibility index (Phi) is 6.61. The molecule has 2 rings (SSSR count). The lowest BCUT2D eigenvalue weighted by Crippen LogP contribution is -2.47. The van der Waals surface area contributed by atoms with Gasteiger partial charge in [0.05, 0.1) is 6.61 Å². The van der Waals surface area contributed by atoms with Gasteiger partial charge in [-0.05, 0) is 44.1 Å². The van der Waals surface area contributed by atoms with Crippen LogP contribution in [0.25, 0.3) is 0 Å². The molecule has 21 heavy (non-hydrogen) atoms. The van der Waals surface area contributed by atoms with Gasteiger partial charge in [0.15, 0.2) is 0 Å². The Morgan fingerprint density at radius 3 is 3.05 bits per heavy atom. The summed E-state index contributed by atoms with van der Waals surface area (Å²) in [5, 5.41) is 3.63. The van der Waals surface area contributed by atoms with Gasteiger partial charge < -0.3 is 15.0 Å². The Hall–Kier alpha value is -0.970. The Labute approximate surface area is 127 Å². The second-order valence-electron chi connectivity index (χ2n) is 6.01. The number of hydrogen-bond acceptors (Lipinski definition) is 3. The maximum absolute atomic E-state index is 13.2. The third kappa shape index (κ3) is 5.38. The predicted octanol–water partition coefficient (Wildman–Crippen LogP) is 2.66. The van der Waals surface area contributed by atoms with Crippen LogP contribution < -0.4 is 5.32 Å². The van der Waals surface area contributed by atoms with Crippen molar-refractivity contribution < 1.29 is 9.13 Å². The summed E-state index contributed by atoms with van der Waals surface area (Å²) in [6.45, 7) is 6.67. The Balaban J connectivity index is 1.86. The summed E-state index contributed by atoms with van der Waals surface area (Å²) in [6.07, 6.45) is 2.24. The molecule has 1 aromatic carbocycles. The molecule has 1 N–H and O–H groups in total. The van der Waals surface area contributed by atoms with E-state index >= 15 is 0 Å². The molecule has 1 fully saturated rings. The first-order valence-electron chi connectivity index (χ1n) is 7.93. The summed E-state index contributed by atoms with van der Waals surface area (Å²) in [4.78, 5) is 2.26. The maximum Gasteiger partial charge on any atom is 0.123 e. The zero-order valence-electron chi connectivity index (χ0n) is 13.1. The van der Waals surface area contributed by atoms with Crippen molar-refractivity contribution in [2.24, 2.45) is 5.92 Å². The first kappa shape index (κ1) is 16.4. The highest BCUT2D eigenvalue weighted by molar-refractivity contribution is 5.16. The molecule has 1 aromatic rings. The highest BCUT2D eigenvalue weighted by Crippen LogP contribution is 2.17. The van der Waals surface area contributed by atoms with Crippen LogP contribution in [0, 0.1) is 11.7 Å². The molecule has 1 aliphatic heterocycles. The number of nitrogens with one attached hydrogen (secondary N) is 1. The minimum atomic E-state index is -0.163. The molecule has 3 nitrogen and oxygen atoms in total. The molecule has 2 unspecified atom stereocenters. The van der Waals surface area contributed by atoms with Crippen LogP contribution in [0.15, 0.2) is 24.3 Å². The van der Waals surface area contributed by atoms with E-state index in [2.05, 4.69) is 24.2 Å². The average Bonchev–Trinajstić information content (AvgIpc) is 2.46. The summed E-state index contributed by atoms with van der Waals surface area (Å²) in [5.41, 5.74) is 1.02. The van der Waals surface area contributed by atoms with Gasteiger partial charge in [0.1, 0.15) is 5.82 Å². The Morgan fingerprint density at radius 1 is 1.43 bits per heavy atom. The van der Waals surface area contributed by atoms with Crippen LogP contribution in [0.1, 0.15) is 25.3 Å². The standard InChI is InChI=1S/C17H27FN2O/c1-3-8-19-17-7-9-21-13-15(17)12-20(2)11-14-5-4-6-16(18)10-14/h4-6,10,15,17,19H,3,7-9,11-13H2,1-2H3. The highest BCUT2D eigenvalue weighted by Gasteiger charge is 2.26. The zero-order chi connectivity index (χ0) is 15.1. The second-order valence-corrected chi connectivity index (χ2v) is 6.01. The van der Waals surface area contributed by atoms with Crippen molar-refractivity contribution in [3.05, 3.63) is 35.6 Å². The molecule has 0 radical (unpaired) electrons. The number of benzene rings is 1. The molecule has 0 aromatic heterocycles. The van der Waals surface area contributed by atoms with Crippen LogP contribution in [0.4, 0.5) is 4.39 Å². The number of rotatable bonds is 7. The fraction of sp³-hybridized carbons (Fsp3) is 0.647. The zero-order valence-corrected chi connectivity index (χ0v) is 13.1. The van der Waals surface area contributed by atoms with Gasteiger partial charge in [-0.3, -0.25) is 0 Å². The molecule has 1 heterocycles. The summed E-state index contributed by atoms with van der Waals surface area (Å²) in [7, 11) is 2.09. The summed E-state index contributed by atoms with van der Waals surface area (Å²) in [5.74, 6) is 0.341. The van der Waals surface area contributed by atoms with Crippen molar-refractivity contribution >= 4 is 0 Å². The molecular formula is C17H27FN2O. The lowest BCUT2D eigenvalue weighted by Gasteiger charge is -2.35. The first-order chi connectivity index (χ1) is 10.2. The van der Waals surface area contributed by atoms with Gasteiger partial charge in [0, 0.05) is 31.7 Å². The molecule has 0 bridgehead atoms. The molecule has 0 saturated carbocycles. The topological polar surface area (TPSA) is 24.5 Å². The van der Waals surface area contributed by atoms with Crippen molar-refractivity contribution in [1.29, 1.82) is 0 Å². The van der Waals surface area contributed by atoms with Crippen molar-refractivity contribution in [3.63, 3.8) is 0 Å². The van der Waals surface area contributed by atoms with Gasteiger partial charge in [0.25, 0.3) is 0 Å². The molecule has 118 valence electrons. The largest absolute Gasteiger partial charge is 0.381 e.